The molecule has 0 bridgehead atoms. The van der Waals surface area contributed by atoms with Crippen molar-refractivity contribution in [1.29, 1.82) is 0 Å². The van der Waals surface area contributed by atoms with Gasteiger partial charge in [-0.2, -0.15) is 5.10 Å². The fraction of sp³-hybridized carbons (Fsp3) is 0.545. The number of aryl methyl sites for hydroxylation is 1. The van der Waals surface area contributed by atoms with Gasteiger partial charge in [0.05, 0.1) is 6.54 Å². The lowest BCUT2D eigenvalue weighted by Crippen LogP contribution is -2.11. The summed E-state index contributed by atoms with van der Waals surface area (Å²) in [7, 11) is 0. The second kappa shape index (κ2) is 4.47. The van der Waals surface area contributed by atoms with E-state index in [1.165, 1.54) is 0 Å². The van der Waals surface area contributed by atoms with E-state index < -0.39 is 0 Å². The van der Waals surface area contributed by atoms with E-state index in [-0.39, 0.29) is 0 Å². The van der Waals surface area contributed by atoms with E-state index in [0.717, 1.165) is 24.7 Å². The van der Waals surface area contributed by atoms with Crippen LogP contribution in [-0.2, 0) is 13.1 Å². The number of hydrogen-bond acceptors (Lipinski definition) is 3. The summed E-state index contributed by atoms with van der Waals surface area (Å²) in [4.78, 5) is 8.62. The molecule has 0 saturated heterocycles. The fourth-order valence-corrected chi connectivity index (χ4v) is 1.78. The van der Waals surface area contributed by atoms with E-state index in [2.05, 4.69) is 40.4 Å². The maximum atomic E-state index is 4.36. The van der Waals surface area contributed by atoms with Gasteiger partial charge in [-0.05, 0) is 6.92 Å². The first-order chi connectivity index (χ1) is 7.72. The van der Waals surface area contributed by atoms with Crippen LogP contribution in [0.4, 0.5) is 0 Å². The molecule has 0 unspecified atom stereocenters. The lowest BCUT2D eigenvalue weighted by atomic mass is 10.2. The van der Waals surface area contributed by atoms with Crippen LogP contribution in [0.2, 0.25) is 0 Å². The molecule has 0 aromatic carbocycles. The Balaban J connectivity index is 2.23. The minimum absolute atomic E-state index is 0.424. The minimum atomic E-state index is 0.424. The first-order valence-corrected chi connectivity index (χ1v) is 5.60. The van der Waals surface area contributed by atoms with Crippen LogP contribution in [0.25, 0.3) is 0 Å². The predicted molar refractivity (Wildman–Crippen MR) is 61.1 cm³/mol. The van der Waals surface area contributed by atoms with E-state index in [1.54, 1.807) is 6.33 Å². The second-order valence-electron chi connectivity index (χ2n) is 4.06. The number of aromatic nitrogens is 5. The Labute approximate surface area is 95.1 Å². The van der Waals surface area contributed by atoms with Crippen molar-refractivity contribution in [3.63, 3.8) is 0 Å². The number of rotatable bonds is 4. The van der Waals surface area contributed by atoms with Gasteiger partial charge in [0.25, 0.3) is 0 Å². The molecule has 5 heteroatoms. The van der Waals surface area contributed by atoms with Crippen LogP contribution in [0.5, 0.6) is 0 Å². The molecule has 0 radical (unpaired) electrons. The highest BCUT2D eigenvalue weighted by Gasteiger charge is 2.10. The zero-order chi connectivity index (χ0) is 11.5. The topological polar surface area (TPSA) is 48.5 Å². The van der Waals surface area contributed by atoms with Crippen molar-refractivity contribution in [2.24, 2.45) is 0 Å². The zero-order valence-electron chi connectivity index (χ0n) is 9.96. The van der Waals surface area contributed by atoms with Gasteiger partial charge < -0.3 is 4.57 Å². The van der Waals surface area contributed by atoms with Crippen molar-refractivity contribution in [2.45, 2.75) is 39.8 Å². The molecule has 16 heavy (non-hydrogen) atoms. The molecule has 5 nitrogen and oxygen atoms in total. The Kier molecular flexibility index (Phi) is 3.03. The Morgan fingerprint density at radius 3 is 2.81 bits per heavy atom. The Hall–Kier alpha value is -1.65. The third-order valence-electron chi connectivity index (χ3n) is 2.57. The van der Waals surface area contributed by atoms with Crippen molar-refractivity contribution in [3.8, 4) is 0 Å². The van der Waals surface area contributed by atoms with Gasteiger partial charge in [-0.3, -0.25) is 0 Å². The van der Waals surface area contributed by atoms with Crippen LogP contribution in [0, 0.1) is 0 Å². The third kappa shape index (κ3) is 1.98. The molecule has 2 aromatic heterocycles. The Morgan fingerprint density at radius 1 is 1.31 bits per heavy atom. The van der Waals surface area contributed by atoms with Gasteiger partial charge in [-0.1, -0.05) is 13.8 Å². The summed E-state index contributed by atoms with van der Waals surface area (Å²) >= 11 is 0. The summed E-state index contributed by atoms with van der Waals surface area (Å²) in [5.74, 6) is 2.49. The Bertz CT molecular complexity index is 454. The van der Waals surface area contributed by atoms with E-state index in [4.69, 9.17) is 0 Å². The van der Waals surface area contributed by atoms with E-state index in [1.807, 2.05) is 17.1 Å². The summed E-state index contributed by atoms with van der Waals surface area (Å²) in [5.41, 5.74) is 0. The molecular formula is C11H17N5. The van der Waals surface area contributed by atoms with E-state index in [0.29, 0.717) is 5.92 Å². The van der Waals surface area contributed by atoms with Gasteiger partial charge in [-0.25, -0.2) is 14.6 Å². The molecular weight excluding hydrogens is 202 g/mol. The lowest BCUT2D eigenvalue weighted by molar-refractivity contribution is 0.574. The van der Waals surface area contributed by atoms with Crippen LogP contribution in [0.15, 0.2) is 18.7 Å². The van der Waals surface area contributed by atoms with Gasteiger partial charge in [-0.15, -0.1) is 0 Å². The third-order valence-corrected chi connectivity index (χ3v) is 2.57. The summed E-state index contributed by atoms with van der Waals surface area (Å²) in [6, 6.07) is 0. The van der Waals surface area contributed by atoms with E-state index in [9.17, 15) is 0 Å². The van der Waals surface area contributed by atoms with Crippen LogP contribution in [0.1, 0.15) is 38.3 Å². The van der Waals surface area contributed by atoms with Crippen LogP contribution < -0.4 is 0 Å². The number of imidazole rings is 1. The highest BCUT2D eigenvalue weighted by molar-refractivity contribution is 5.00. The van der Waals surface area contributed by atoms with Gasteiger partial charge in [0.2, 0.25) is 0 Å². The van der Waals surface area contributed by atoms with Crippen LogP contribution >= 0.6 is 0 Å². The molecule has 0 spiro atoms. The molecule has 2 rings (SSSR count). The number of nitrogens with zero attached hydrogens (tertiary/aromatic N) is 5. The summed E-state index contributed by atoms with van der Waals surface area (Å²) in [5, 5.41) is 4.16. The van der Waals surface area contributed by atoms with Crippen molar-refractivity contribution in [1.82, 2.24) is 24.3 Å². The van der Waals surface area contributed by atoms with Crippen LogP contribution in [0.3, 0.4) is 0 Å². The average molecular weight is 219 g/mol. The summed E-state index contributed by atoms with van der Waals surface area (Å²) in [6.07, 6.45) is 5.43. The molecule has 0 aliphatic rings. The highest BCUT2D eigenvalue weighted by Crippen LogP contribution is 2.12. The minimum Gasteiger partial charge on any atom is -0.327 e. The monoisotopic (exact) mass is 219 g/mol. The number of hydrogen-bond donors (Lipinski definition) is 0. The molecule has 0 N–H and O–H groups in total. The average Bonchev–Trinajstić information content (AvgIpc) is 2.86. The van der Waals surface area contributed by atoms with E-state index >= 15 is 0 Å². The first-order valence-electron chi connectivity index (χ1n) is 5.60. The van der Waals surface area contributed by atoms with Crippen molar-refractivity contribution in [2.75, 3.05) is 0 Å². The Morgan fingerprint density at radius 2 is 2.12 bits per heavy atom. The normalized spacial score (nSPS) is 11.2. The molecule has 2 aromatic rings. The van der Waals surface area contributed by atoms with Gasteiger partial charge in [0.15, 0.2) is 0 Å². The molecule has 0 amide bonds. The smallest absolute Gasteiger partial charge is 0.146 e. The quantitative estimate of drug-likeness (QED) is 0.785. The molecule has 0 fully saturated rings. The first kappa shape index (κ1) is 10.9. The molecule has 0 aliphatic heterocycles. The predicted octanol–water partition coefficient (Wildman–Crippen LogP) is 1.67. The largest absolute Gasteiger partial charge is 0.327 e. The van der Waals surface area contributed by atoms with Crippen LogP contribution in [-0.4, -0.2) is 24.3 Å². The second-order valence-corrected chi connectivity index (χ2v) is 4.06. The summed E-state index contributed by atoms with van der Waals surface area (Å²) in [6.45, 7) is 7.94. The van der Waals surface area contributed by atoms with Crippen molar-refractivity contribution >= 4 is 0 Å². The molecule has 0 aliphatic carbocycles. The molecule has 86 valence electrons. The maximum absolute atomic E-state index is 4.36. The fourth-order valence-electron chi connectivity index (χ4n) is 1.78. The van der Waals surface area contributed by atoms with Gasteiger partial charge in [0.1, 0.15) is 18.0 Å². The SMILES string of the molecule is CCn1ncnc1Cn1ccnc1C(C)C. The maximum Gasteiger partial charge on any atom is 0.146 e. The highest BCUT2D eigenvalue weighted by atomic mass is 15.3. The molecule has 0 saturated carbocycles. The van der Waals surface area contributed by atoms with Crippen molar-refractivity contribution in [3.05, 3.63) is 30.4 Å². The standard InChI is InChI=1S/C11H17N5/c1-4-16-10(13-8-14-16)7-15-6-5-12-11(15)9(2)3/h5-6,8-9H,4,7H2,1-3H3. The molecule has 0 atom stereocenters. The molecule has 2 heterocycles. The van der Waals surface area contributed by atoms with Gasteiger partial charge >= 0.3 is 0 Å². The lowest BCUT2D eigenvalue weighted by Gasteiger charge is -2.10. The van der Waals surface area contributed by atoms with Gasteiger partial charge in [0, 0.05) is 24.9 Å². The summed E-state index contributed by atoms with van der Waals surface area (Å²) < 4.78 is 4.03. The zero-order valence-corrected chi connectivity index (χ0v) is 9.96. The van der Waals surface area contributed by atoms with Crippen molar-refractivity contribution < 1.29 is 0 Å².